The molecule has 0 aliphatic rings. The topological polar surface area (TPSA) is 113 Å². The highest BCUT2D eigenvalue weighted by molar-refractivity contribution is 6.80. The maximum atomic E-state index is 11.6. The molecular weight excluding hydrogens is 494 g/mol. The highest BCUT2D eigenvalue weighted by Crippen LogP contribution is 2.17. The lowest BCUT2D eigenvalue weighted by atomic mass is 10.0. The molecule has 192 valence electrons. The van der Waals surface area contributed by atoms with Crippen LogP contribution in [0.1, 0.15) is 19.4 Å². The van der Waals surface area contributed by atoms with Crippen LogP contribution in [0.2, 0.25) is 0 Å². The molecule has 7 nitrogen and oxygen atoms in total. The standard InChI is InChI=1S/C15H14O3.C10H9N.C4H5ClO3/c1-2-18-15(17)14(16)10-11-7-8-12-5-3-4-6-13(12)9-11;11-10-6-5-8-3-1-2-4-9(8)7-10;1-2-8-4(7)3(5)6/h3-9H,2,10H2,1H3;1-7H,11H2;2H2,1H3. The molecule has 0 fully saturated rings. The molecule has 4 aromatic carbocycles. The Bertz CT molecular complexity index is 1390. The molecule has 4 rings (SSSR count). The Labute approximate surface area is 220 Å². The first-order valence-corrected chi connectivity index (χ1v) is 11.9. The van der Waals surface area contributed by atoms with E-state index in [-0.39, 0.29) is 19.6 Å². The van der Waals surface area contributed by atoms with E-state index in [9.17, 15) is 19.2 Å². The van der Waals surface area contributed by atoms with Gasteiger partial charge in [-0.1, -0.05) is 72.8 Å². The highest BCUT2D eigenvalue weighted by Gasteiger charge is 2.15. The van der Waals surface area contributed by atoms with E-state index >= 15 is 0 Å². The fourth-order valence-electron chi connectivity index (χ4n) is 3.21. The SMILES string of the molecule is CCOC(=O)C(=O)Cc1ccc2ccccc2c1.CCOC(=O)C(=O)Cl.Nc1ccc2ccccc2c1. The van der Waals surface area contributed by atoms with E-state index < -0.39 is 23.0 Å². The number of anilines is 1. The zero-order valence-corrected chi connectivity index (χ0v) is 21.4. The van der Waals surface area contributed by atoms with Crippen molar-refractivity contribution in [2.45, 2.75) is 20.3 Å². The highest BCUT2D eigenvalue weighted by atomic mass is 35.5. The maximum Gasteiger partial charge on any atom is 0.391 e. The number of rotatable bonds is 6. The summed E-state index contributed by atoms with van der Waals surface area (Å²) in [6.07, 6.45) is 0.0870. The minimum absolute atomic E-state index is 0.0870. The summed E-state index contributed by atoms with van der Waals surface area (Å²) < 4.78 is 8.86. The first kappa shape index (κ1) is 29.0. The monoisotopic (exact) mass is 521 g/mol. The molecule has 0 amide bonds. The van der Waals surface area contributed by atoms with Crippen molar-refractivity contribution in [3.63, 3.8) is 0 Å². The van der Waals surface area contributed by atoms with Gasteiger partial charge in [-0.2, -0.15) is 0 Å². The van der Waals surface area contributed by atoms with Gasteiger partial charge in [0.05, 0.1) is 13.2 Å². The van der Waals surface area contributed by atoms with Gasteiger partial charge in [0.2, 0.25) is 5.78 Å². The average molecular weight is 522 g/mol. The van der Waals surface area contributed by atoms with Gasteiger partial charge in [0.1, 0.15) is 0 Å². The average Bonchev–Trinajstić information content (AvgIpc) is 2.89. The second-order valence-electron chi connectivity index (χ2n) is 7.60. The van der Waals surface area contributed by atoms with E-state index in [1.165, 1.54) is 10.8 Å². The minimum Gasteiger partial charge on any atom is -0.460 e. The van der Waals surface area contributed by atoms with E-state index in [0.29, 0.717) is 0 Å². The van der Waals surface area contributed by atoms with Gasteiger partial charge in [0, 0.05) is 12.1 Å². The van der Waals surface area contributed by atoms with Crippen molar-refractivity contribution in [2.75, 3.05) is 18.9 Å². The Morgan fingerprint density at radius 2 is 1.16 bits per heavy atom. The van der Waals surface area contributed by atoms with Gasteiger partial charge in [0.25, 0.3) is 0 Å². The van der Waals surface area contributed by atoms with E-state index in [0.717, 1.165) is 22.0 Å². The largest absolute Gasteiger partial charge is 0.460 e. The van der Waals surface area contributed by atoms with Gasteiger partial charge in [-0.3, -0.25) is 9.59 Å². The fourth-order valence-corrected chi connectivity index (χ4v) is 3.27. The van der Waals surface area contributed by atoms with Gasteiger partial charge >= 0.3 is 17.2 Å². The zero-order chi connectivity index (χ0) is 27.2. The molecule has 0 saturated heterocycles. The number of hydrogen-bond donors (Lipinski definition) is 1. The van der Waals surface area contributed by atoms with Gasteiger partial charge in [0.15, 0.2) is 0 Å². The van der Waals surface area contributed by atoms with Gasteiger partial charge in [-0.25, -0.2) is 9.59 Å². The summed E-state index contributed by atoms with van der Waals surface area (Å²) in [6, 6.07) is 27.7. The van der Waals surface area contributed by atoms with E-state index in [4.69, 9.17) is 17.3 Å². The Hall–Kier alpha value is -4.23. The molecule has 0 aliphatic carbocycles. The minimum atomic E-state index is -1.08. The third-order valence-corrected chi connectivity index (χ3v) is 5.05. The van der Waals surface area contributed by atoms with Crippen molar-refractivity contribution in [1.82, 2.24) is 0 Å². The lowest BCUT2D eigenvalue weighted by molar-refractivity contribution is -0.153. The molecule has 0 aliphatic heterocycles. The van der Waals surface area contributed by atoms with Crippen molar-refractivity contribution in [1.29, 1.82) is 0 Å². The lowest BCUT2D eigenvalue weighted by Crippen LogP contribution is -2.19. The number of nitrogens with two attached hydrogens (primary N) is 1. The van der Waals surface area contributed by atoms with Crippen molar-refractivity contribution in [3.8, 4) is 0 Å². The fraction of sp³-hybridized carbons (Fsp3) is 0.172. The Kier molecular flexibility index (Phi) is 11.8. The summed E-state index contributed by atoms with van der Waals surface area (Å²) in [5, 5.41) is 3.54. The van der Waals surface area contributed by atoms with Crippen LogP contribution in [-0.2, 0) is 35.1 Å². The lowest BCUT2D eigenvalue weighted by Gasteiger charge is -2.03. The molecule has 0 radical (unpaired) electrons. The molecule has 0 atom stereocenters. The summed E-state index contributed by atoms with van der Waals surface area (Å²) in [7, 11) is 0. The van der Waals surface area contributed by atoms with Gasteiger partial charge < -0.3 is 15.2 Å². The molecule has 2 N–H and O–H groups in total. The number of Topliss-reactive ketones (excluding diaryl/α,β-unsaturated/α-hetero) is 1. The molecule has 0 saturated carbocycles. The van der Waals surface area contributed by atoms with Crippen LogP contribution in [0.4, 0.5) is 5.69 Å². The summed E-state index contributed by atoms with van der Waals surface area (Å²) in [5.74, 6) is -2.26. The van der Waals surface area contributed by atoms with Crippen LogP contribution in [-0.4, -0.2) is 36.2 Å². The first-order chi connectivity index (χ1) is 17.7. The van der Waals surface area contributed by atoms with Gasteiger partial charge in [-0.15, -0.1) is 0 Å². The van der Waals surface area contributed by atoms with Gasteiger partial charge in [-0.05, 0) is 64.7 Å². The number of esters is 2. The summed E-state index contributed by atoms with van der Waals surface area (Å²) in [4.78, 5) is 42.7. The molecule has 0 unspecified atom stereocenters. The molecule has 4 aromatic rings. The molecule has 0 heterocycles. The normalized spacial score (nSPS) is 9.81. The van der Waals surface area contributed by atoms with Crippen LogP contribution in [0.25, 0.3) is 21.5 Å². The Morgan fingerprint density at radius 3 is 1.68 bits per heavy atom. The third-order valence-electron chi connectivity index (χ3n) is 4.89. The molecular formula is C29H28ClNO6. The van der Waals surface area contributed by atoms with Crippen molar-refractivity contribution < 1.29 is 28.7 Å². The van der Waals surface area contributed by atoms with E-state index in [2.05, 4.69) is 21.6 Å². The van der Waals surface area contributed by atoms with Crippen LogP contribution in [0.15, 0.2) is 84.9 Å². The first-order valence-electron chi connectivity index (χ1n) is 11.5. The smallest absolute Gasteiger partial charge is 0.391 e. The maximum absolute atomic E-state index is 11.6. The quantitative estimate of drug-likeness (QED) is 0.159. The Balaban J connectivity index is 0.000000216. The number of fused-ring (bicyclic) bond motifs is 2. The van der Waals surface area contributed by atoms with Crippen LogP contribution in [0.3, 0.4) is 0 Å². The number of ether oxygens (including phenoxy) is 2. The second-order valence-corrected chi connectivity index (χ2v) is 7.95. The van der Waals surface area contributed by atoms with E-state index in [1.54, 1.807) is 13.8 Å². The molecule has 0 aromatic heterocycles. The van der Waals surface area contributed by atoms with Crippen LogP contribution >= 0.6 is 11.6 Å². The van der Waals surface area contributed by atoms with Crippen LogP contribution in [0, 0.1) is 0 Å². The number of ketones is 1. The van der Waals surface area contributed by atoms with Crippen LogP contribution in [0.5, 0.6) is 0 Å². The second kappa shape index (κ2) is 15.0. The number of halogens is 1. The number of carbonyl (C=O) groups excluding carboxylic acids is 4. The van der Waals surface area contributed by atoms with Crippen molar-refractivity contribution >= 4 is 61.8 Å². The number of carbonyl (C=O) groups is 4. The molecule has 0 spiro atoms. The van der Waals surface area contributed by atoms with Crippen LogP contribution < -0.4 is 5.73 Å². The summed E-state index contributed by atoms with van der Waals surface area (Å²) >= 11 is 4.69. The Morgan fingerprint density at radius 1 is 0.676 bits per heavy atom. The summed E-state index contributed by atoms with van der Waals surface area (Å²) in [5.41, 5.74) is 7.27. The molecule has 37 heavy (non-hydrogen) atoms. The number of hydrogen-bond acceptors (Lipinski definition) is 7. The van der Waals surface area contributed by atoms with Crippen molar-refractivity contribution in [3.05, 3.63) is 90.5 Å². The number of nitrogen functional groups attached to an aromatic ring is 1. The van der Waals surface area contributed by atoms with E-state index in [1.807, 2.05) is 72.8 Å². The molecule has 0 bridgehead atoms. The predicted octanol–water partition coefficient (Wildman–Crippen LogP) is 5.25. The zero-order valence-electron chi connectivity index (χ0n) is 20.6. The van der Waals surface area contributed by atoms with Crippen molar-refractivity contribution in [2.24, 2.45) is 0 Å². The third kappa shape index (κ3) is 9.74. The molecule has 8 heteroatoms. The predicted molar refractivity (Wildman–Crippen MR) is 145 cm³/mol. The number of benzene rings is 4. The summed E-state index contributed by atoms with van der Waals surface area (Å²) in [6.45, 7) is 3.68.